The largest absolute Gasteiger partial charge is 0.317 e. The Hall–Kier alpha value is -3.97. The third-order valence-corrected chi connectivity index (χ3v) is 6.59. The van der Waals surface area contributed by atoms with E-state index in [1.54, 1.807) is 27.4 Å². The molecule has 1 fully saturated rings. The summed E-state index contributed by atoms with van der Waals surface area (Å²) >= 11 is 5.61. The predicted octanol–water partition coefficient (Wildman–Crippen LogP) is 4.24. The number of rotatable bonds is 3. The topological polar surface area (TPSA) is 50.5 Å². The van der Waals surface area contributed by atoms with Crippen molar-refractivity contribution in [2.24, 2.45) is 7.05 Å². The lowest BCUT2D eigenvalue weighted by molar-refractivity contribution is -0.114. The molecule has 0 spiro atoms. The molecule has 164 valence electrons. The molecule has 0 aliphatic carbocycles. The van der Waals surface area contributed by atoms with Gasteiger partial charge in [0, 0.05) is 19.8 Å². The third-order valence-electron chi connectivity index (χ3n) is 6.13. The van der Waals surface area contributed by atoms with Crippen LogP contribution in [-0.4, -0.2) is 32.3 Å². The van der Waals surface area contributed by atoms with Gasteiger partial charge in [0.15, 0.2) is 5.11 Å². The molecule has 1 saturated heterocycles. The Labute approximate surface area is 196 Å². The monoisotopic (exact) mass is 454 g/mol. The zero-order chi connectivity index (χ0) is 23.3. The van der Waals surface area contributed by atoms with Gasteiger partial charge in [0.05, 0.1) is 16.9 Å². The van der Waals surface area contributed by atoms with Gasteiger partial charge in [-0.25, -0.2) is 4.68 Å². The average Bonchev–Trinajstić information content (AvgIpc) is 3.17. The van der Waals surface area contributed by atoms with E-state index in [0.29, 0.717) is 22.1 Å². The summed E-state index contributed by atoms with van der Waals surface area (Å²) in [6.45, 7) is 1.87. The van der Waals surface area contributed by atoms with Crippen molar-refractivity contribution < 1.29 is 4.79 Å². The first-order valence-corrected chi connectivity index (χ1v) is 11.0. The summed E-state index contributed by atoms with van der Waals surface area (Å²) in [5.41, 5.74) is 2.85. The average molecular weight is 455 g/mol. The number of aromatic nitrogens is 2. The third kappa shape index (κ3) is 3.29. The first kappa shape index (κ1) is 20.9. The maximum Gasteiger partial charge on any atom is 0.281 e. The second kappa shape index (κ2) is 7.86. The summed E-state index contributed by atoms with van der Waals surface area (Å²) in [6.07, 6.45) is 1.65. The van der Waals surface area contributed by atoms with Crippen molar-refractivity contribution in [3.63, 3.8) is 0 Å². The van der Waals surface area contributed by atoms with Gasteiger partial charge in [0.2, 0.25) is 0 Å². The van der Waals surface area contributed by atoms with E-state index in [9.17, 15) is 9.59 Å². The molecule has 0 N–H and O–H groups in total. The Kier molecular flexibility index (Phi) is 4.98. The SMILES string of the molecule is Cc1c(/C=C2\C(=O)N(c3ccc4ccccc4c3)C(=S)N2C)c(=O)n(-c2ccccc2)n1C. The van der Waals surface area contributed by atoms with Crippen molar-refractivity contribution in [2.45, 2.75) is 6.92 Å². The first-order valence-electron chi connectivity index (χ1n) is 10.5. The molecule has 1 aliphatic rings. The molecule has 3 aromatic carbocycles. The summed E-state index contributed by atoms with van der Waals surface area (Å²) in [5.74, 6) is -0.258. The van der Waals surface area contributed by atoms with E-state index in [1.165, 1.54) is 4.90 Å². The number of carbonyl (C=O) groups is 1. The van der Waals surface area contributed by atoms with E-state index in [0.717, 1.165) is 22.2 Å². The first-order chi connectivity index (χ1) is 15.9. The molecule has 7 heteroatoms. The van der Waals surface area contributed by atoms with Crippen LogP contribution >= 0.6 is 12.2 Å². The lowest BCUT2D eigenvalue weighted by Crippen LogP contribution is -2.31. The number of benzene rings is 3. The molecule has 6 nitrogen and oxygen atoms in total. The Morgan fingerprint density at radius 3 is 2.21 bits per heavy atom. The minimum atomic E-state index is -0.258. The van der Waals surface area contributed by atoms with Crippen LogP contribution in [0, 0.1) is 6.92 Å². The standard InChI is InChI=1S/C26H22N4O2S/c1-17-22(24(31)30(28(17)3)20-11-5-4-6-12-20)16-23-25(32)29(26(33)27(23)2)21-14-13-18-9-7-8-10-19(18)15-21/h4-16H,1-3H3/b23-16+. The van der Waals surface area contributed by atoms with E-state index in [2.05, 4.69) is 0 Å². The molecule has 1 amide bonds. The van der Waals surface area contributed by atoms with Crippen molar-refractivity contribution >= 4 is 45.8 Å². The van der Waals surface area contributed by atoms with Crippen LogP contribution in [-0.2, 0) is 11.8 Å². The van der Waals surface area contributed by atoms with Crippen molar-refractivity contribution in [3.8, 4) is 5.69 Å². The van der Waals surface area contributed by atoms with E-state index in [1.807, 2.05) is 86.8 Å². The van der Waals surface area contributed by atoms with Gasteiger partial charge in [-0.2, -0.15) is 0 Å². The highest BCUT2D eigenvalue weighted by molar-refractivity contribution is 7.80. The zero-order valence-corrected chi connectivity index (χ0v) is 19.3. The Balaban J connectivity index is 1.59. The molecule has 0 bridgehead atoms. The molecule has 33 heavy (non-hydrogen) atoms. The van der Waals surface area contributed by atoms with Crippen molar-refractivity contribution in [2.75, 3.05) is 11.9 Å². The second-order valence-electron chi connectivity index (χ2n) is 8.02. The highest BCUT2D eigenvalue weighted by atomic mass is 32.1. The van der Waals surface area contributed by atoms with E-state index >= 15 is 0 Å². The maximum atomic E-state index is 13.5. The highest BCUT2D eigenvalue weighted by Crippen LogP contribution is 2.30. The minimum absolute atomic E-state index is 0.190. The van der Waals surface area contributed by atoms with Gasteiger partial charge in [0.25, 0.3) is 11.5 Å². The van der Waals surface area contributed by atoms with Crippen LogP contribution in [0.3, 0.4) is 0 Å². The minimum Gasteiger partial charge on any atom is -0.317 e. The van der Waals surface area contributed by atoms with Crippen molar-refractivity contribution in [1.29, 1.82) is 0 Å². The summed E-state index contributed by atoms with van der Waals surface area (Å²) < 4.78 is 3.39. The molecule has 1 aliphatic heterocycles. The lowest BCUT2D eigenvalue weighted by Gasteiger charge is -2.17. The fourth-order valence-corrected chi connectivity index (χ4v) is 4.48. The normalized spacial score (nSPS) is 15.3. The lowest BCUT2D eigenvalue weighted by atomic mass is 10.1. The number of hydrogen-bond acceptors (Lipinski definition) is 3. The van der Waals surface area contributed by atoms with Crippen LogP contribution in [0.5, 0.6) is 0 Å². The van der Waals surface area contributed by atoms with E-state index < -0.39 is 0 Å². The number of likely N-dealkylation sites (N-methyl/N-ethyl adjacent to an activating group) is 1. The molecule has 5 rings (SSSR count). The van der Waals surface area contributed by atoms with Gasteiger partial charge in [-0.1, -0.05) is 48.5 Å². The van der Waals surface area contributed by atoms with Crippen LogP contribution in [0.25, 0.3) is 22.5 Å². The highest BCUT2D eigenvalue weighted by Gasteiger charge is 2.37. The summed E-state index contributed by atoms with van der Waals surface area (Å²) in [5, 5.41) is 2.48. The predicted molar refractivity (Wildman–Crippen MR) is 136 cm³/mol. The number of nitrogens with zero attached hydrogens (tertiary/aromatic N) is 4. The number of thiocarbonyl (C=S) groups is 1. The smallest absolute Gasteiger partial charge is 0.281 e. The van der Waals surface area contributed by atoms with Crippen LogP contribution in [0.15, 0.2) is 83.3 Å². The van der Waals surface area contributed by atoms with Gasteiger partial charge in [-0.15, -0.1) is 0 Å². The van der Waals surface area contributed by atoms with Crippen LogP contribution in [0.2, 0.25) is 0 Å². The van der Waals surface area contributed by atoms with Gasteiger partial charge in [-0.05, 0) is 60.3 Å². The Morgan fingerprint density at radius 2 is 1.48 bits per heavy atom. The van der Waals surface area contributed by atoms with Gasteiger partial charge in [-0.3, -0.25) is 19.2 Å². The molecule has 0 unspecified atom stereocenters. The van der Waals surface area contributed by atoms with Crippen LogP contribution < -0.4 is 10.5 Å². The molecule has 0 atom stereocenters. The number of amides is 1. The summed E-state index contributed by atoms with van der Waals surface area (Å²) in [4.78, 5) is 30.0. The quantitative estimate of drug-likeness (QED) is 0.343. The Morgan fingerprint density at radius 1 is 0.818 bits per heavy atom. The molecule has 4 aromatic rings. The van der Waals surface area contributed by atoms with Gasteiger partial charge >= 0.3 is 0 Å². The van der Waals surface area contributed by atoms with Crippen LogP contribution in [0.4, 0.5) is 5.69 Å². The number of fused-ring (bicyclic) bond motifs is 1. The molecule has 0 radical (unpaired) electrons. The summed E-state index contributed by atoms with van der Waals surface area (Å²) in [7, 11) is 3.58. The number of anilines is 1. The van der Waals surface area contributed by atoms with Crippen molar-refractivity contribution in [3.05, 3.63) is 100 Å². The van der Waals surface area contributed by atoms with Gasteiger partial charge in [0.1, 0.15) is 5.70 Å². The number of para-hydroxylation sites is 1. The molecule has 1 aromatic heterocycles. The van der Waals surface area contributed by atoms with E-state index in [-0.39, 0.29) is 11.5 Å². The van der Waals surface area contributed by atoms with Crippen LogP contribution in [0.1, 0.15) is 11.3 Å². The molecular weight excluding hydrogens is 432 g/mol. The second-order valence-corrected chi connectivity index (χ2v) is 8.38. The summed E-state index contributed by atoms with van der Waals surface area (Å²) in [6, 6.07) is 23.2. The molecule has 2 heterocycles. The van der Waals surface area contributed by atoms with E-state index in [4.69, 9.17) is 12.2 Å². The molecule has 0 saturated carbocycles. The molecular formula is C26H22N4O2S. The number of hydrogen-bond donors (Lipinski definition) is 0. The maximum absolute atomic E-state index is 13.5. The van der Waals surface area contributed by atoms with Gasteiger partial charge < -0.3 is 4.90 Å². The number of carbonyl (C=O) groups excluding carboxylic acids is 1. The van der Waals surface area contributed by atoms with Crippen molar-refractivity contribution in [1.82, 2.24) is 14.3 Å². The fraction of sp³-hybridized carbons (Fsp3) is 0.115. The Bertz CT molecular complexity index is 1510. The fourth-order valence-electron chi connectivity index (χ4n) is 4.19. The zero-order valence-electron chi connectivity index (χ0n) is 18.5.